The third kappa shape index (κ3) is 4.37. The van der Waals surface area contributed by atoms with Crippen molar-refractivity contribution in [3.8, 4) is 11.5 Å². The third-order valence-electron chi connectivity index (χ3n) is 4.26. The van der Waals surface area contributed by atoms with Crippen LogP contribution in [0.4, 0.5) is 18.9 Å². The maximum atomic E-state index is 13.0. The molecule has 152 valence electrons. The van der Waals surface area contributed by atoms with E-state index in [1.165, 1.54) is 16.2 Å². The summed E-state index contributed by atoms with van der Waals surface area (Å²) in [7, 11) is 0. The van der Waals surface area contributed by atoms with Gasteiger partial charge in [0.25, 0.3) is 0 Å². The van der Waals surface area contributed by atoms with E-state index >= 15 is 0 Å². The number of fused-ring (bicyclic) bond motifs is 1. The lowest BCUT2D eigenvalue weighted by atomic mass is 10.2. The first-order valence-corrected chi connectivity index (χ1v) is 9.61. The molecule has 0 atom stereocenters. The fourth-order valence-corrected chi connectivity index (χ4v) is 3.60. The second-order valence-electron chi connectivity index (χ2n) is 6.28. The van der Waals surface area contributed by atoms with Crippen LogP contribution in [0.15, 0.2) is 48.0 Å². The number of rotatable bonds is 5. The molecule has 3 heterocycles. The Hall–Kier alpha value is -3.01. The Kier molecular flexibility index (Phi) is 5.18. The number of halogens is 3. The molecule has 0 bridgehead atoms. The molecule has 0 saturated carbocycles. The van der Waals surface area contributed by atoms with Crippen LogP contribution in [0.25, 0.3) is 0 Å². The van der Waals surface area contributed by atoms with Crippen molar-refractivity contribution < 1.29 is 27.4 Å². The van der Waals surface area contributed by atoms with Crippen LogP contribution in [0.2, 0.25) is 0 Å². The van der Waals surface area contributed by atoms with E-state index in [0.717, 1.165) is 21.8 Å². The van der Waals surface area contributed by atoms with Gasteiger partial charge in [0.15, 0.2) is 17.2 Å². The van der Waals surface area contributed by atoms with Crippen molar-refractivity contribution >= 4 is 22.9 Å². The number of thiophene rings is 1. The maximum Gasteiger partial charge on any atom is 0.435 e. The Morgan fingerprint density at radius 3 is 2.66 bits per heavy atom. The Labute approximate surface area is 168 Å². The molecule has 1 aliphatic rings. The number of hydrogen-bond acceptors (Lipinski definition) is 5. The van der Waals surface area contributed by atoms with E-state index in [4.69, 9.17) is 9.47 Å². The zero-order valence-electron chi connectivity index (χ0n) is 15.1. The Bertz CT molecular complexity index is 1000. The number of anilines is 1. The van der Waals surface area contributed by atoms with Crippen molar-refractivity contribution in [2.45, 2.75) is 19.3 Å². The molecular formula is C19H16F3N3O3S. The summed E-state index contributed by atoms with van der Waals surface area (Å²) in [4.78, 5) is 15.4. The van der Waals surface area contributed by atoms with E-state index in [0.29, 0.717) is 30.4 Å². The lowest BCUT2D eigenvalue weighted by molar-refractivity contribution is -0.141. The summed E-state index contributed by atoms with van der Waals surface area (Å²) < 4.78 is 50.4. The third-order valence-corrected chi connectivity index (χ3v) is 5.12. The molecule has 3 aromatic rings. The van der Waals surface area contributed by atoms with Crippen LogP contribution in [0.1, 0.15) is 10.6 Å². The number of alkyl halides is 3. The molecule has 0 spiro atoms. The number of ether oxygens (including phenoxy) is 2. The average molecular weight is 423 g/mol. The minimum Gasteiger partial charge on any atom is -0.486 e. The molecular weight excluding hydrogens is 407 g/mol. The minimum absolute atomic E-state index is 0.281. The number of carbonyl (C=O) groups excluding carboxylic acids is 1. The second kappa shape index (κ2) is 7.78. The molecule has 0 aliphatic carbocycles. The van der Waals surface area contributed by atoms with Gasteiger partial charge in [0.1, 0.15) is 19.8 Å². The maximum absolute atomic E-state index is 13.0. The van der Waals surface area contributed by atoms with Crippen molar-refractivity contribution in [1.82, 2.24) is 9.78 Å². The van der Waals surface area contributed by atoms with E-state index in [1.54, 1.807) is 18.2 Å². The number of benzene rings is 1. The minimum atomic E-state index is -4.55. The fraction of sp³-hybridized carbons (Fsp3) is 0.263. The summed E-state index contributed by atoms with van der Waals surface area (Å²) >= 11 is 1.48. The monoisotopic (exact) mass is 423 g/mol. The van der Waals surface area contributed by atoms with Crippen LogP contribution in [0, 0.1) is 0 Å². The van der Waals surface area contributed by atoms with Crippen molar-refractivity contribution in [2.24, 2.45) is 0 Å². The average Bonchev–Trinajstić information content (AvgIpc) is 3.37. The van der Waals surface area contributed by atoms with Gasteiger partial charge in [-0.15, -0.1) is 11.3 Å². The molecule has 0 unspecified atom stereocenters. The summed E-state index contributed by atoms with van der Waals surface area (Å²) in [5, 5.41) is 5.36. The number of amides is 1. The highest BCUT2D eigenvalue weighted by Gasteiger charge is 2.33. The van der Waals surface area contributed by atoms with Gasteiger partial charge < -0.3 is 14.4 Å². The lowest BCUT2D eigenvalue weighted by Gasteiger charge is -2.25. The summed E-state index contributed by atoms with van der Waals surface area (Å²) in [5.41, 5.74) is -0.467. The summed E-state index contributed by atoms with van der Waals surface area (Å²) in [5.74, 6) is 0.716. The van der Waals surface area contributed by atoms with Crippen LogP contribution in [-0.2, 0) is 24.1 Å². The van der Waals surface area contributed by atoms with Gasteiger partial charge in [0.2, 0.25) is 5.91 Å². The molecule has 6 nitrogen and oxygen atoms in total. The molecule has 0 fully saturated rings. The van der Waals surface area contributed by atoms with E-state index < -0.39 is 17.8 Å². The van der Waals surface area contributed by atoms with Crippen LogP contribution >= 0.6 is 11.3 Å². The lowest BCUT2D eigenvalue weighted by Crippen LogP contribution is -2.33. The molecule has 1 aromatic carbocycles. The van der Waals surface area contributed by atoms with E-state index in [1.807, 2.05) is 17.5 Å². The van der Waals surface area contributed by atoms with Gasteiger partial charge in [-0.1, -0.05) is 6.07 Å². The number of hydrogen-bond donors (Lipinski definition) is 0. The van der Waals surface area contributed by atoms with Crippen LogP contribution in [0.3, 0.4) is 0 Å². The largest absolute Gasteiger partial charge is 0.486 e. The Morgan fingerprint density at radius 1 is 1.17 bits per heavy atom. The van der Waals surface area contributed by atoms with Gasteiger partial charge in [-0.3, -0.25) is 9.48 Å². The standard InChI is InChI=1S/C19H16F3N3O3S/c20-19(21,22)17-5-6-24(23-17)12-18(26)25(11-14-2-1-9-29-14)13-3-4-15-16(10-13)28-8-7-27-15/h1-6,9-10H,7-8,11-12H2. The topological polar surface area (TPSA) is 56.6 Å². The summed E-state index contributed by atoms with van der Waals surface area (Å²) in [6, 6.07) is 9.75. The molecule has 1 aliphatic heterocycles. The van der Waals surface area contributed by atoms with Gasteiger partial charge in [-0.05, 0) is 29.6 Å². The first-order chi connectivity index (χ1) is 13.9. The predicted molar refractivity (Wildman–Crippen MR) is 100 cm³/mol. The molecule has 4 rings (SSSR count). The van der Waals surface area contributed by atoms with Crippen molar-refractivity contribution in [2.75, 3.05) is 18.1 Å². The van der Waals surface area contributed by atoms with Crippen LogP contribution in [-0.4, -0.2) is 28.9 Å². The highest BCUT2D eigenvalue weighted by atomic mass is 32.1. The highest BCUT2D eigenvalue weighted by molar-refractivity contribution is 7.09. The molecule has 2 aromatic heterocycles. The van der Waals surface area contributed by atoms with E-state index in [-0.39, 0.29) is 13.1 Å². The normalized spacial score (nSPS) is 13.3. The molecule has 10 heteroatoms. The number of aromatic nitrogens is 2. The van der Waals surface area contributed by atoms with E-state index in [9.17, 15) is 18.0 Å². The number of nitrogens with zero attached hydrogens (tertiary/aromatic N) is 3. The van der Waals surface area contributed by atoms with Gasteiger partial charge in [-0.2, -0.15) is 18.3 Å². The quantitative estimate of drug-likeness (QED) is 0.623. The molecule has 0 N–H and O–H groups in total. The molecule has 29 heavy (non-hydrogen) atoms. The zero-order valence-corrected chi connectivity index (χ0v) is 15.9. The van der Waals surface area contributed by atoms with E-state index in [2.05, 4.69) is 5.10 Å². The van der Waals surface area contributed by atoms with Crippen LogP contribution in [0.5, 0.6) is 11.5 Å². The smallest absolute Gasteiger partial charge is 0.435 e. The molecule has 0 saturated heterocycles. The van der Waals surface area contributed by atoms with Crippen LogP contribution < -0.4 is 14.4 Å². The number of carbonyl (C=O) groups is 1. The van der Waals surface area contributed by atoms with Gasteiger partial charge >= 0.3 is 6.18 Å². The van der Waals surface area contributed by atoms with Gasteiger partial charge in [0, 0.05) is 22.8 Å². The Morgan fingerprint density at radius 2 is 1.97 bits per heavy atom. The van der Waals surface area contributed by atoms with Crippen molar-refractivity contribution in [3.63, 3.8) is 0 Å². The van der Waals surface area contributed by atoms with Gasteiger partial charge in [-0.25, -0.2) is 0 Å². The molecule has 0 radical (unpaired) electrons. The van der Waals surface area contributed by atoms with Crippen molar-refractivity contribution in [3.05, 3.63) is 58.5 Å². The summed E-state index contributed by atoms with van der Waals surface area (Å²) in [6.45, 7) is 0.813. The van der Waals surface area contributed by atoms with Crippen molar-refractivity contribution in [1.29, 1.82) is 0 Å². The first-order valence-electron chi connectivity index (χ1n) is 8.73. The fourth-order valence-electron chi connectivity index (χ4n) is 2.91. The van der Waals surface area contributed by atoms with Gasteiger partial charge in [0.05, 0.1) is 6.54 Å². The highest BCUT2D eigenvalue weighted by Crippen LogP contribution is 2.35. The first kappa shape index (κ1) is 19.3. The SMILES string of the molecule is O=C(Cn1ccc(C(F)(F)F)n1)N(Cc1cccs1)c1ccc2c(c1)OCCO2. The zero-order chi connectivity index (χ0) is 20.4. The summed E-state index contributed by atoms with van der Waals surface area (Å²) in [6.07, 6.45) is -3.41. The Balaban J connectivity index is 1.60. The predicted octanol–water partition coefficient (Wildman–Crippen LogP) is 3.97. The second-order valence-corrected chi connectivity index (χ2v) is 7.32. The molecule has 1 amide bonds.